The predicted molar refractivity (Wildman–Crippen MR) is 194 cm³/mol. The maximum absolute atomic E-state index is 13.5. The Morgan fingerprint density at radius 2 is 1.74 bits per heavy atom. The monoisotopic (exact) mass is 720 g/mol. The molecule has 0 spiro atoms. The number of aromatic amines is 2. The lowest BCUT2D eigenvalue weighted by atomic mass is 10.0. The van der Waals surface area contributed by atoms with Crippen LogP contribution in [0.5, 0.6) is 0 Å². The lowest BCUT2D eigenvalue weighted by Gasteiger charge is -2.25. The number of H-pyrrole nitrogens is 2. The molecule has 4 atom stereocenters. The van der Waals surface area contributed by atoms with Crippen LogP contribution in [0.2, 0.25) is 0 Å². The average molecular weight is 721 g/mol. The Labute approximate surface area is 304 Å². The number of aryl methyl sites for hydroxylation is 1. The maximum Gasteiger partial charge on any atom is 0.323 e. The second kappa shape index (κ2) is 16.2. The van der Waals surface area contributed by atoms with Gasteiger partial charge in [-0.1, -0.05) is 53.7 Å². The molecule has 3 heterocycles. The molecule has 0 aliphatic carbocycles. The zero-order valence-electron chi connectivity index (χ0n) is 29.1. The normalized spacial score (nSPS) is 15.8. The highest BCUT2D eigenvalue weighted by molar-refractivity contribution is 6.00. The summed E-state index contributed by atoms with van der Waals surface area (Å²) in [4.78, 5) is 69.3. The topological polar surface area (TPSA) is 227 Å². The van der Waals surface area contributed by atoms with Crippen LogP contribution >= 0.6 is 0 Å². The van der Waals surface area contributed by atoms with Crippen molar-refractivity contribution in [1.29, 1.82) is 0 Å². The number of nitrogens with one attached hydrogen (secondary N) is 6. The van der Waals surface area contributed by atoms with E-state index in [1.54, 1.807) is 17.0 Å². The van der Waals surface area contributed by atoms with E-state index < -0.39 is 42.2 Å². The summed E-state index contributed by atoms with van der Waals surface area (Å²) >= 11 is 0. The number of likely N-dealkylation sites (tertiary alicyclic amines) is 1. The van der Waals surface area contributed by atoms with E-state index in [1.165, 1.54) is 0 Å². The third-order valence-corrected chi connectivity index (χ3v) is 9.41. The molecule has 53 heavy (non-hydrogen) atoms. The van der Waals surface area contributed by atoms with Crippen molar-refractivity contribution < 1.29 is 29.1 Å². The maximum atomic E-state index is 13.5. The number of anilines is 2. The molecule has 2 aromatic heterocycles. The number of aliphatic carboxylic acids is 1. The zero-order chi connectivity index (χ0) is 37.5. The second-order valence-electron chi connectivity index (χ2n) is 13.0. The third kappa shape index (κ3) is 8.84. The van der Waals surface area contributed by atoms with Gasteiger partial charge < -0.3 is 36.3 Å². The van der Waals surface area contributed by atoms with Crippen molar-refractivity contribution in [1.82, 2.24) is 41.1 Å². The number of amides is 5. The number of carboxylic acid groups (broad SMARTS) is 1. The minimum atomic E-state index is -1.42. The van der Waals surface area contributed by atoms with Crippen LogP contribution in [0.15, 0.2) is 79.0 Å². The van der Waals surface area contributed by atoms with Gasteiger partial charge in [0, 0.05) is 53.8 Å². The molecule has 0 radical (unpaired) electrons. The molecule has 5 amide bonds. The first kappa shape index (κ1) is 36.2. The minimum absolute atomic E-state index is 0.185. The van der Waals surface area contributed by atoms with Crippen LogP contribution in [0.25, 0.3) is 10.9 Å². The van der Waals surface area contributed by atoms with Gasteiger partial charge in [0.2, 0.25) is 17.7 Å². The average Bonchev–Trinajstić information content (AvgIpc) is 3.90. The van der Waals surface area contributed by atoms with Crippen molar-refractivity contribution in [2.24, 2.45) is 5.92 Å². The van der Waals surface area contributed by atoms with Gasteiger partial charge in [0.05, 0.1) is 18.5 Å². The van der Waals surface area contributed by atoms with Crippen LogP contribution in [-0.2, 0) is 25.6 Å². The van der Waals surface area contributed by atoms with Gasteiger partial charge in [0.25, 0.3) is 0 Å². The van der Waals surface area contributed by atoms with Gasteiger partial charge >= 0.3 is 12.0 Å². The highest BCUT2D eigenvalue weighted by atomic mass is 16.4. The van der Waals surface area contributed by atoms with Gasteiger partial charge in [0.1, 0.15) is 6.04 Å². The molecule has 0 bridgehead atoms. The lowest BCUT2D eigenvalue weighted by molar-refractivity contribution is -0.141. The molecule has 7 N–H and O–H groups in total. The zero-order valence-corrected chi connectivity index (χ0v) is 29.1. The van der Waals surface area contributed by atoms with Crippen molar-refractivity contribution in [2.45, 2.75) is 57.7 Å². The SMILES string of the molecule is Cc1ccccc1NC(=O)Nc1ccc(C(C)N2CC[C@H](CC(=O)NC(CC(=O)O)C(=O)N[C@H](Cc3c[nH]c4ccccc34)c3nn[nH]n3)C2=O)cc1. The van der Waals surface area contributed by atoms with Crippen LogP contribution in [0, 0.1) is 12.8 Å². The van der Waals surface area contributed by atoms with E-state index in [0.717, 1.165) is 27.6 Å². The van der Waals surface area contributed by atoms with Crippen molar-refractivity contribution in [3.05, 3.63) is 102 Å². The summed E-state index contributed by atoms with van der Waals surface area (Å²) in [6.07, 6.45) is 1.59. The van der Waals surface area contributed by atoms with Crippen molar-refractivity contribution >= 4 is 52.0 Å². The highest BCUT2D eigenvalue weighted by Gasteiger charge is 2.37. The number of aromatic nitrogens is 5. The van der Waals surface area contributed by atoms with Gasteiger partial charge in [-0.3, -0.25) is 19.2 Å². The smallest absolute Gasteiger partial charge is 0.323 e. The molecule has 6 rings (SSSR count). The Bertz CT molecular complexity index is 2100. The van der Waals surface area contributed by atoms with Gasteiger partial charge in [0.15, 0.2) is 5.82 Å². The Morgan fingerprint density at radius 1 is 0.981 bits per heavy atom. The van der Waals surface area contributed by atoms with Crippen LogP contribution < -0.4 is 21.3 Å². The number of hydrogen-bond donors (Lipinski definition) is 7. The number of rotatable bonds is 14. The Kier molecular flexibility index (Phi) is 11.1. The number of carbonyl (C=O) groups excluding carboxylic acids is 4. The first-order chi connectivity index (χ1) is 25.5. The molecule has 2 unspecified atom stereocenters. The van der Waals surface area contributed by atoms with Gasteiger partial charge in [-0.05, 0) is 61.2 Å². The number of hydrogen-bond acceptors (Lipinski definition) is 8. The summed E-state index contributed by atoms with van der Waals surface area (Å²) in [5.41, 5.74) is 4.83. The fourth-order valence-electron chi connectivity index (χ4n) is 6.54. The molecule has 1 aliphatic rings. The molecular formula is C37H40N10O6. The summed E-state index contributed by atoms with van der Waals surface area (Å²) < 4.78 is 0. The quantitative estimate of drug-likeness (QED) is 0.0879. The minimum Gasteiger partial charge on any atom is -0.481 e. The summed E-state index contributed by atoms with van der Waals surface area (Å²) in [6, 6.07) is 19.4. The van der Waals surface area contributed by atoms with E-state index in [-0.39, 0.29) is 36.6 Å². The number of nitrogens with zero attached hydrogens (tertiary/aromatic N) is 4. The molecule has 0 saturated carbocycles. The first-order valence-electron chi connectivity index (χ1n) is 17.2. The first-order valence-corrected chi connectivity index (χ1v) is 17.2. The van der Waals surface area contributed by atoms with E-state index in [0.29, 0.717) is 24.3 Å². The molecule has 16 heteroatoms. The lowest BCUT2D eigenvalue weighted by Crippen LogP contribution is -2.49. The molecule has 1 saturated heterocycles. The van der Waals surface area contributed by atoms with Crippen LogP contribution in [0.4, 0.5) is 16.2 Å². The van der Waals surface area contributed by atoms with E-state index in [1.807, 2.05) is 80.7 Å². The number of urea groups is 1. The van der Waals surface area contributed by atoms with E-state index >= 15 is 0 Å². The van der Waals surface area contributed by atoms with Gasteiger partial charge in [-0.25, -0.2) is 4.79 Å². The molecular weight excluding hydrogens is 680 g/mol. The number of carbonyl (C=O) groups is 5. The summed E-state index contributed by atoms with van der Waals surface area (Å²) in [6.45, 7) is 4.20. The second-order valence-corrected chi connectivity index (χ2v) is 13.0. The number of para-hydroxylation sites is 2. The number of benzene rings is 3. The van der Waals surface area contributed by atoms with Crippen LogP contribution in [0.3, 0.4) is 0 Å². The van der Waals surface area contributed by atoms with Gasteiger partial charge in [-0.15, -0.1) is 10.2 Å². The van der Waals surface area contributed by atoms with Crippen LogP contribution in [0.1, 0.15) is 60.8 Å². The summed E-state index contributed by atoms with van der Waals surface area (Å²) in [5.74, 6) is -3.33. The Hall–Kier alpha value is -6.58. The summed E-state index contributed by atoms with van der Waals surface area (Å²) in [5, 5.41) is 35.5. The van der Waals surface area contributed by atoms with Gasteiger partial charge in [-0.2, -0.15) is 5.21 Å². The molecule has 1 aliphatic heterocycles. The predicted octanol–water partition coefficient (Wildman–Crippen LogP) is 3.99. The van der Waals surface area contributed by atoms with E-state index in [9.17, 15) is 29.1 Å². The molecule has 274 valence electrons. The van der Waals surface area contributed by atoms with E-state index in [4.69, 9.17) is 0 Å². The third-order valence-electron chi connectivity index (χ3n) is 9.41. The summed E-state index contributed by atoms with van der Waals surface area (Å²) in [7, 11) is 0. The fourth-order valence-corrected chi connectivity index (χ4v) is 6.54. The largest absolute Gasteiger partial charge is 0.481 e. The number of carboxylic acids is 1. The van der Waals surface area contributed by atoms with E-state index in [2.05, 4.69) is 46.9 Å². The van der Waals surface area contributed by atoms with Crippen molar-refractivity contribution in [3.8, 4) is 0 Å². The number of tetrazole rings is 1. The van der Waals surface area contributed by atoms with Crippen molar-refractivity contribution in [2.75, 3.05) is 17.2 Å². The standard InChI is InChI=1S/C37H40N10O6/c1-21-7-3-5-9-28(21)42-37(53)39-26-13-11-23(12-14-26)22(2)47-16-15-24(36(47)52)18-32(48)40-31(19-33(49)50)35(51)41-30(34-43-45-46-44-34)17-25-20-38-29-10-6-4-8-27(25)29/h3-14,20,22,24,30-31,38H,15-19H2,1-2H3,(H,40,48)(H,41,51)(H,49,50)(H2,39,42,53)(H,43,44,45,46)/t22?,24-,30-,31?/m1/s1. The molecule has 5 aromatic rings. The highest BCUT2D eigenvalue weighted by Crippen LogP contribution is 2.31. The molecule has 16 nitrogen and oxygen atoms in total. The van der Waals surface area contributed by atoms with Crippen molar-refractivity contribution in [3.63, 3.8) is 0 Å². The molecule has 1 fully saturated rings. The number of fused-ring (bicyclic) bond motifs is 1. The Morgan fingerprint density at radius 3 is 2.47 bits per heavy atom. The van der Waals surface area contributed by atoms with Crippen LogP contribution in [-0.4, -0.2) is 77.9 Å². The molecule has 3 aromatic carbocycles. The fraction of sp³-hybridized carbons (Fsp3) is 0.297. The Balaban J connectivity index is 1.04.